The zero-order chi connectivity index (χ0) is 25.5. The van der Waals surface area contributed by atoms with Crippen LogP contribution in [0.25, 0.3) is 10.8 Å². The van der Waals surface area contributed by atoms with E-state index in [1.807, 2.05) is 61.5 Å². The van der Waals surface area contributed by atoms with E-state index in [1.54, 1.807) is 30.3 Å². The van der Waals surface area contributed by atoms with Gasteiger partial charge in [0.1, 0.15) is 11.5 Å². The van der Waals surface area contributed by atoms with E-state index in [1.165, 1.54) is 6.21 Å². The number of rotatable bonds is 8. The van der Waals surface area contributed by atoms with Crippen LogP contribution in [0.3, 0.4) is 0 Å². The van der Waals surface area contributed by atoms with Gasteiger partial charge in [-0.2, -0.15) is 5.10 Å². The maximum absolute atomic E-state index is 12.7. The third-order valence-electron chi connectivity index (χ3n) is 5.68. The molecule has 0 radical (unpaired) electrons. The van der Waals surface area contributed by atoms with Gasteiger partial charge in [-0.05, 0) is 59.0 Å². The Balaban J connectivity index is 1.50. The Labute approximate surface area is 210 Å². The van der Waals surface area contributed by atoms with Crippen molar-refractivity contribution in [2.75, 3.05) is 6.61 Å². The number of fused-ring (bicyclic) bond motifs is 1. The first-order chi connectivity index (χ1) is 17.4. The second-order valence-corrected chi connectivity index (χ2v) is 8.73. The lowest BCUT2D eigenvalue weighted by molar-refractivity contribution is -0.123. The SMILES string of the molecule is Cc1ccc(C(C)C)c(OCC(=O)N/N=C\c2c(OC(=O)c3ccccc3)ccc3ccccc23)c1. The van der Waals surface area contributed by atoms with Crippen LogP contribution in [0.15, 0.2) is 90.0 Å². The largest absolute Gasteiger partial charge is 0.483 e. The van der Waals surface area contributed by atoms with Gasteiger partial charge in [0, 0.05) is 5.56 Å². The first-order valence-corrected chi connectivity index (χ1v) is 11.8. The van der Waals surface area contributed by atoms with Crippen LogP contribution in [-0.2, 0) is 4.79 Å². The molecule has 0 unspecified atom stereocenters. The van der Waals surface area contributed by atoms with Crippen LogP contribution < -0.4 is 14.9 Å². The van der Waals surface area contributed by atoms with E-state index in [2.05, 4.69) is 24.4 Å². The standard InChI is InChI=1S/C30H28N2O4/c1-20(2)24-15-13-21(3)17-28(24)35-19-29(33)32-31-18-26-25-12-8-7-9-22(25)14-16-27(26)36-30(34)23-10-5-4-6-11-23/h4-18,20H,19H2,1-3H3,(H,32,33)/b31-18-. The molecule has 0 spiro atoms. The highest BCUT2D eigenvalue weighted by atomic mass is 16.5. The Kier molecular flexibility index (Phi) is 7.75. The molecule has 36 heavy (non-hydrogen) atoms. The number of esters is 1. The number of amides is 1. The molecule has 182 valence electrons. The number of carbonyl (C=O) groups is 2. The Bertz CT molecular complexity index is 1410. The molecule has 4 aromatic carbocycles. The molecule has 6 nitrogen and oxygen atoms in total. The van der Waals surface area contributed by atoms with Crippen LogP contribution in [0.1, 0.15) is 46.8 Å². The van der Waals surface area contributed by atoms with Crippen molar-refractivity contribution in [2.45, 2.75) is 26.7 Å². The molecule has 6 heteroatoms. The summed E-state index contributed by atoms with van der Waals surface area (Å²) >= 11 is 0. The van der Waals surface area contributed by atoms with Gasteiger partial charge >= 0.3 is 5.97 Å². The first kappa shape index (κ1) is 24.7. The maximum Gasteiger partial charge on any atom is 0.343 e. The molecule has 0 bridgehead atoms. The molecule has 4 aromatic rings. The van der Waals surface area contributed by atoms with Crippen LogP contribution in [0.2, 0.25) is 0 Å². The molecule has 0 fully saturated rings. The van der Waals surface area contributed by atoms with Gasteiger partial charge in [-0.1, -0.05) is 74.5 Å². The summed E-state index contributed by atoms with van der Waals surface area (Å²) in [6.07, 6.45) is 1.49. The lowest BCUT2D eigenvalue weighted by Gasteiger charge is -2.14. The van der Waals surface area contributed by atoms with E-state index in [-0.39, 0.29) is 12.5 Å². The minimum Gasteiger partial charge on any atom is -0.483 e. The van der Waals surface area contributed by atoms with Gasteiger partial charge in [-0.25, -0.2) is 10.2 Å². The maximum atomic E-state index is 12.7. The highest BCUT2D eigenvalue weighted by Crippen LogP contribution is 2.28. The zero-order valence-electron chi connectivity index (χ0n) is 20.5. The highest BCUT2D eigenvalue weighted by Gasteiger charge is 2.14. The zero-order valence-corrected chi connectivity index (χ0v) is 20.5. The summed E-state index contributed by atoms with van der Waals surface area (Å²) in [5.41, 5.74) is 5.63. The first-order valence-electron chi connectivity index (χ1n) is 11.8. The Morgan fingerprint density at radius 3 is 2.44 bits per heavy atom. The number of benzene rings is 4. The van der Waals surface area contributed by atoms with E-state index >= 15 is 0 Å². The molecule has 0 atom stereocenters. The third-order valence-corrected chi connectivity index (χ3v) is 5.68. The van der Waals surface area contributed by atoms with E-state index in [0.717, 1.165) is 21.9 Å². The Morgan fingerprint density at radius 1 is 0.917 bits per heavy atom. The van der Waals surface area contributed by atoms with Gasteiger partial charge in [0.05, 0.1) is 11.8 Å². The summed E-state index contributed by atoms with van der Waals surface area (Å²) in [7, 11) is 0. The van der Waals surface area contributed by atoms with Crippen molar-refractivity contribution in [3.63, 3.8) is 0 Å². The predicted octanol–water partition coefficient (Wildman–Crippen LogP) is 6.02. The van der Waals surface area contributed by atoms with Gasteiger partial charge in [0.2, 0.25) is 0 Å². The minimum absolute atomic E-state index is 0.175. The van der Waals surface area contributed by atoms with Crippen molar-refractivity contribution >= 4 is 28.9 Å². The molecule has 0 saturated carbocycles. The average Bonchev–Trinajstić information content (AvgIpc) is 2.88. The van der Waals surface area contributed by atoms with Crippen molar-refractivity contribution in [1.29, 1.82) is 0 Å². The normalized spacial score (nSPS) is 11.1. The molecule has 0 heterocycles. The number of carbonyl (C=O) groups excluding carboxylic acids is 2. The fraction of sp³-hybridized carbons (Fsp3) is 0.167. The molecule has 1 amide bonds. The summed E-state index contributed by atoms with van der Waals surface area (Å²) in [6.45, 7) is 5.96. The van der Waals surface area contributed by atoms with E-state index in [4.69, 9.17) is 9.47 Å². The smallest absolute Gasteiger partial charge is 0.343 e. The number of hydrogen-bond donors (Lipinski definition) is 1. The summed E-state index contributed by atoms with van der Waals surface area (Å²) in [4.78, 5) is 25.1. The van der Waals surface area contributed by atoms with Gasteiger partial charge in [0.25, 0.3) is 5.91 Å². The number of nitrogens with zero attached hydrogens (tertiary/aromatic N) is 1. The van der Waals surface area contributed by atoms with Crippen LogP contribution in [-0.4, -0.2) is 24.7 Å². The second-order valence-electron chi connectivity index (χ2n) is 8.73. The van der Waals surface area contributed by atoms with Crippen molar-refractivity contribution in [2.24, 2.45) is 5.10 Å². The summed E-state index contributed by atoms with van der Waals surface area (Å²) in [5.74, 6) is 0.430. The summed E-state index contributed by atoms with van der Waals surface area (Å²) in [5, 5.41) is 5.92. The van der Waals surface area contributed by atoms with E-state index in [9.17, 15) is 9.59 Å². The van der Waals surface area contributed by atoms with Crippen LogP contribution in [0, 0.1) is 6.92 Å². The average molecular weight is 481 g/mol. The second kappa shape index (κ2) is 11.3. The number of aryl methyl sites for hydroxylation is 1. The third kappa shape index (κ3) is 5.96. The molecule has 0 saturated heterocycles. The van der Waals surface area contributed by atoms with Gasteiger partial charge in [-0.3, -0.25) is 4.79 Å². The van der Waals surface area contributed by atoms with Crippen molar-refractivity contribution < 1.29 is 19.1 Å². The number of nitrogens with one attached hydrogen (secondary N) is 1. The fourth-order valence-electron chi connectivity index (χ4n) is 3.82. The van der Waals surface area contributed by atoms with Crippen molar-refractivity contribution in [3.8, 4) is 11.5 Å². The molecule has 0 aliphatic carbocycles. The van der Waals surface area contributed by atoms with Crippen LogP contribution >= 0.6 is 0 Å². The Morgan fingerprint density at radius 2 is 1.67 bits per heavy atom. The molecule has 0 aliphatic heterocycles. The van der Waals surface area contributed by atoms with E-state index in [0.29, 0.717) is 22.6 Å². The molecule has 0 aliphatic rings. The monoisotopic (exact) mass is 480 g/mol. The molecule has 1 N–H and O–H groups in total. The van der Waals surface area contributed by atoms with Gasteiger partial charge in [-0.15, -0.1) is 0 Å². The molecule has 0 aromatic heterocycles. The lowest BCUT2D eigenvalue weighted by Crippen LogP contribution is -2.25. The Hall–Kier alpha value is -4.45. The quantitative estimate of drug-likeness (QED) is 0.145. The predicted molar refractivity (Wildman–Crippen MR) is 142 cm³/mol. The van der Waals surface area contributed by atoms with Crippen LogP contribution in [0.5, 0.6) is 11.5 Å². The number of ether oxygens (including phenoxy) is 2. The number of hydrazone groups is 1. The lowest BCUT2D eigenvalue weighted by atomic mass is 10.0. The van der Waals surface area contributed by atoms with Crippen molar-refractivity contribution in [3.05, 3.63) is 107 Å². The topological polar surface area (TPSA) is 77.0 Å². The number of hydrogen-bond acceptors (Lipinski definition) is 5. The van der Waals surface area contributed by atoms with Crippen LogP contribution in [0.4, 0.5) is 0 Å². The summed E-state index contributed by atoms with van der Waals surface area (Å²) < 4.78 is 11.5. The highest BCUT2D eigenvalue weighted by molar-refractivity contribution is 6.04. The molecular weight excluding hydrogens is 452 g/mol. The minimum atomic E-state index is -0.475. The van der Waals surface area contributed by atoms with Gasteiger partial charge in [0.15, 0.2) is 6.61 Å². The molecule has 4 rings (SSSR count). The summed E-state index contributed by atoms with van der Waals surface area (Å²) in [6, 6.07) is 26.0. The fourth-order valence-corrected chi connectivity index (χ4v) is 3.82. The van der Waals surface area contributed by atoms with Crippen molar-refractivity contribution in [1.82, 2.24) is 5.43 Å². The van der Waals surface area contributed by atoms with E-state index < -0.39 is 11.9 Å². The van der Waals surface area contributed by atoms with Gasteiger partial charge < -0.3 is 9.47 Å². The molecular formula is C30H28N2O4.